The molecule has 0 atom stereocenters. The van der Waals surface area contributed by atoms with Gasteiger partial charge in [-0.3, -0.25) is 9.69 Å². The van der Waals surface area contributed by atoms with Crippen molar-refractivity contribution in [2.75, 3.05) is 44.4 Å². The van der Waals surface area contributed by atoms with Crippen LogP contribution in [0.1, 0.15) is 44.1 Å². The number of ether oxygens (including phenoxy) is 1. The number of aliphatic hydroxyl groups excluding tert-OH is 1. The maximum absolute atomic E-state index is 11.7. The Morgan fingerprint density at radius 3 is 2.85 bits per heavy atom. The number of aliphatic hydroxyl groups is 1. The lowest BCUT2D eigenvalue weighted by Crippen LogP contribution is -2.29. The highest BCUT2D eigenvalue weighted by Crippen LogP contribution is 2.17. The van der Waals surface area contributed by atoms with Crippen molar-refractivity contribution in [2.45, 2.75) is 45.1 Å². The van der Waals surface area contributed by atoms with E-state index in [-0.39, 0.29) is 12.5 Å². The van der Waals surface area contributed by atoms with Gasteiger partial charge >= 0.3 is 0 Å². The van der Waals surface area contributed by atoms with Crippen molar-refractivity contribution >= 4 is 17.7 Å². The second-order valence-electron chi connectivity index (χ2n) is 6.98. The van der Waals surface area contributed by atoms with Gasteiger partial charge < -0.3 is 15.2 Å². The molecule has 27 heavy (non-hydrogen) atoms. The number of nitrogens with one attached hydrogen (secondary N) is 1. The van der Waals surface area contributed by atoms with Crippen molar-refractivity contribution in [1.29, 1.82) is 0 Å². The first kappa shape index (κ1) is 22.1. The summed E-state index contributed by atoms with van der Waals surface area (Å²) < 4.78 is 5.85. The second kappa shape index (κ2) is 13.9. The van der Waals surface area contributed by atoms with Gasteiger partial charge in [-0.1, -0.05) is 18.6 Å². The molecule has 0 spiro atoms. The van der Waals surface area contributed by atoms with Gasteiger partial charge in [0.1, 0.15) is 5.75 Å². The lowest BCUT2D eigenvalue weighted by atomic mass is 10.1. The molecule has 5 nitrogen and oxygen atoms in total. The predicted octanol–water partition coefficient (Wildman–Crippen LogP) is 3.06. The van der Waals surface area contributed by atoms with Crippen LogP contribution in [0.15, 0.2) is 24.3 Å². The molecule has 1 aromatic rings. The highest BCUT2D eigenvalue weighted by molar-refractivity contribution is 7.99. The summed E-state index contributed by atoms with van der Waals surface area (Å²) in [5.74, 6) is 2.68. The lowest BCUT2D eigenvalue weighted by Gasteiger charge is -2.26. The van der Waals surface area contributed by atoms with E-state index < -0.39 is 0 Å². The molecular weight excluding hydrogens is 360 g/mol. The Bertz CT molecular complexity index is 536. The van der Waals surface area contributed by atoms with Crippen molar-refractivity contribution < 1.29 is 14.6 Å². The summed E-state index contributed by atoms with van der Waals surface area (Å²) in [5.41, 5.74) is 1.31. The third-order valence-corrected chi connectivity index (χ3v) is 5.64. The minimum Gasteiger partial charge on any atom is -0.494 e. The first-order valence-corrected chi connectivity index (χ1v) is 11.3. The molecule has 0 radical (unpaired) electrons. The fourth-order valence-corrected chi connectivity index (χ4v) is 3.87. The van der Waals surface area contributed by atoms with Gasteiger partial charge in [-0.05, 0) is 62.2 Å². The van der Waals surface area contributed by atoms with Gasteiger partial charge in [0, 0.05) is 25.3 Å². The van der Waals surface area contributed by atoms with E-state index in [0.717, 1.165) is 36.6 Å². The van der Waals surface area contributed by atoms with Crippen LogP contribution in [0.5, 0.6) is 5.75 Å². The quantitative estimate of drug-likeness (QED) is 0.504. The van der Waals surface area contributed by atoms with E-state index >= 15 is 0 Å². The maximum atomic E-state index is 11.7. The first-order valence-electron chi connectivity index (χ1n) is 10.2. The van der Waals surface area contributed by atoms with Crippen molar-refractivity contribution in [1.82, 2.24) is 10.2 Å². The number of likely N-dealkylation sites (tertiary alicyclic amines) is 1. The number of amides is 1. The van der Waals surface area contributed by atoms with Crippen LogP contribution in [0.3, 0.4) is 0 Å². The fourth-order valence-electron chi connectivity index (χ4n) is 3.19. The fraction of sp³-hybridized carbons (Fsp3) is 0.667. The molecule has 1 saturated heterocycles. The molecule has 1 amide bonds. The number of thioether (sulfide) groups is 1. The molecule has 1 heterocycles. The third kappa shape index (κ3) is 10.0. The van der Waals surface area contributed by atoms with Gasteiger partial charge in [0.25, 0.3) is 0 Å². The van der Waals surface area contributed by atoms with Crippen LogP contribution in [0.25, 0.3) is 0 Å². The van der Waals surface area contributed by atoms with E-state index in [9.17, 15) is 4.79 Å². The Labute approximate surface area is 167 Å². The number of hydrogen-bond donors (Lipinski definition) is 2. The lowest BCUT2D eigenvalue weighted by molar-refractivity contribution is -0.121. The third-order valence-electron chi connectivity index (χ3n) is 4.59. The Morgan fingerprint density at radius 1 is 1.19 bits per heavy atom. The van der Waals surface area contributed by atoms with E-state index in [2.05, 4.69) is 28.4 Å². The summed E-state index contributed by atoms with van der Waals surface area (Å²) in [6, 6.07) is 8.37. The van der Waals surface area contributed by atoms with E-state index in [1.54, 1.807) is 11.8 Å². The molecule has 2 N–H and O–H groups in total. The highest BCUT2D eigenvalue weighted by Gasteiger charge is 2.10. The smallest absolute Gasteiger partial charge is 0.220 e. The van der Waals surface area contributed by atoms with Gasteiger partial charge in [0.2, 0.25) is 5.91 Å². The number of carbonyl (C=O) groups excluding carboxylic acids is 1. The SMILES string of the molecule is O=C(CCCSCCO)NCCCOc1cccc(CN2CCCCC2)c1. The zero-order valence-corrected chi connectivity index (χ0v) is 17.1. The van der Waals surface area contributed by atoms with Crippen molar-refractivity contribution in [3.8, 4) is 5.75 Å². The number of hydrogen-bond acceptors (Lipinski definition) is 5. The molecule has 0 saturated carbocycles. The highest BCUT2D eigenvalue weighted by atomic mass is 32.2. The number of carbonyl (C=O) groups is 1. The van der Waals surface area contributed by atoms with Crippen LogP contribution < -0.4 is 10.1 Å². The van der Waals surface area contributed by atoms with Gasteiger partial charge in [-0.2, -0.15) is 11.8 Å². The zero-order valence-electron chi connectivity index (χ0n) is 16.3. The second-order valence-corrected chi connectivity index (χ2v) is 8.20. The van der Waals surface area contributed by atoms with Crippen molar-refractivity contribution in [3.63, 3.8) is 0 Å². The summed E-state index contributed by atoms with van der Waals surface area (Å²) in [6.07, 6.45) is 6.20. The number of benzene rings is 1. The molecule has 1 aliphatic heterocycles. The zero-order chi connectivity index (χ0) is 19.2. The van der Waals surface area contributed by atoms with Crippen LogP contribution in [0.4, 0.5) is 0 Å². The van der Waals surface area contributed by atoms with Crippen LogP contribution in [0, 0.1) is 0 Å². The van der Waals surface area contributed by atoms with E-state index in [1.807, 2.05) is 6.07 Å². The van der Waals surface area contributed by atoms with E-state index in [0.29, 0.717) is 19.6 Å². The molecule has 0 aliphatic carbocycles. The monoisotopic (exact) mass is 394 g/mol. The standard InChI is InChI=1S/C21H34N2O3S/c24-13-16-27-15-5-9-21(25)22-10-6-14-26-20-8-4-7-19(17-20)18-23-11-2-1-3-12-23/h4,7-8,17,24H,1-3,5-6,9-16,18H2,(H,22,25). The largest absolute Gasteiger partial charge is 0.494 e. The topological polar surface area (TPSA) is 61.8 Å². The number of rotatable bonds is 13. The first-order chi connectivity index (χ1) is 13.3. The molecule has 0 unspecified atom stereocenters. The van der Waals surface area contributed by atoms with Crippen LogP contribution in [0.2, 0.25) is 0 Å². The molecule has 1 fully saturated rings. The van der Waals surface area contributed by atoms with Gasteiger partial charge in [0.15, 0.2) is 0 Å². The summed E-state index contributed by atoms with van der Waals surface area (Å²) in [6.45, 7) is 4.87. The molecule has 0 bridgehead atoms. The van der Waals surface area contributed by atoms with Gasteiger partial charge in [-0.25, -0.2) is 0 Å². The Hall–Kier alpha value is -1.24. The average molecular weight is 395 g/mol. The normalized spacial score (nSPS) is 14.9. The molecule has 2 rings (SSSR count). The molecule has 1 aliphatic rings. The maximum Gasteiger partial charge on any atom is 0.220 e. The predicted molar refractivity (Wildman–Crippen MR) is 112 cm³/mol. The summed E-state index contributed by atoms with van der Waals surface area (Å²) in [4.78, 5) is 14.2. The summed E-state index contributed by atoms with van der Waals surface area (Å²) >= 11 is 1.68. The summed E-state index contributed by atoms with van der Waals surface area (Å²) in [5, 5.41) is 11.6. The Kier molecular flexibility index (Phi) is 11.3. The van der Waals surface area contributed by atoms with Crippen LogP contribution >= 0.6 is 11.8 Å². The minimum atomic E-state index is 0.100. The van der Waals surface area contributed by atoms with Gasteiger partial charge in [-0.15, -0.1) is 0 Å². The number of nitrogens with zero attached hydrogens (tertiary/aromatic N) is 1. The molecule has 6 heteroatoms. The van der Waals surface area contributed by atoms with Crippen LogP contribution in [-0.2, 0) is 11.3 Å². The van der Waals surface area contributed by atoms with E-state index in [4.69, 9.17) is 9.84 Å². The van der Waals surface area contributed by atoms with Crippen LogP contribution in [-0.4, -0.2) is 60.3 Å². The number of piperidine rings is 1. The summed E-state index contributed by atoms with van der Waals surface area (Å²) in [7, 11) is 0. The van der Waals surface area contributed by atoms with E-state index in [1.165, 1.54) is 37.9 Å². The van der Waals surface area contributed by atoms with Crippen molar-refractivity contribution in [2.24, 2.45) is 0 Å². The molecule has 0 aromatic heterocycles. The van der Waals surface area contributed by atoms with Crippen molar-refractivity contribution in [3.05, 3.63) is 29.8 Å². The van der Waals surface area contributed by atoms with Gasteiger partial charge in [0.05, 0.1) is 13.2 Å². The molecular formula is C21H34N2O3S. The Balaban J connectivity index is 1.54. The molecule has 1 aromatic carbocycles. The molecule has 152 valence electrons. The minimum absolute atomic E-state index is 0.100. The Morgan fingerprint density at radius 2 is 2.04 bits per heavy atom. The average Bonchev–Trinajstić information content (AvgIpc) is 2.69.